The van der Waals surface area contributed by atoms with Crippen LogP contribution in [0.3, 0.4) is 0 Å². The van der Waals surface area contributed by atoms with Crippen molar-refractivity contribution in [3.63, 3.8) is 0 Å². The van der Waals surface area contributed by atoms with E-state index in [1.165, 1.54) is 16.8 Å². The molecule has 0 N–H and O–H groups in total. The van der Waals surface area contributed by atoms with Gasteiger partial charge < -0.3 is 19.3 Å². The Morgan fingerprint density at radius 3 is 2.73 bits per heavy atom. The van der Waals surface area contributed by atoms with Gasteiger partial charge in [-0.2, -0.15) is 0 Å². The summed E-state index contributed by atoms with van der Waals surface area (Å²) in [6.07, 6.45) is 4.66. The van der Waals surface area contributed by atoms with Crippen LogP contribution < -0.4 is 4.90 Å². The number of pyridine rings is 1. The summed E-state index contributed by atoms with van der Waals surface area (Å²) in [6.45, 7) is 8.25. The summed E-state index contributed by atoms with van der Waals surface area (Å²) in [5.41, 5.74) is 5.88. The van der Waals surface area contributed by atoms with Crippen molar-refractivity contribution in [2.45, 2.75) is 32.3 Å². The molecule has 30 heavy (non-hydrogen) atoms. The van der Waals surface area contributed by atoms with Crippen molar-refractivity contribution in [1.29, 1.82) is 0 Å². The maximum Gasteiger partial charge on any atom is 0.410 e. The normalized spacial score (nSPS) is 19.0. The van der Waals surface area contributed by atoms with Gasteiger partial charge in [0.05, 0.1) is 24.6 Å². The Morgan fingerprint density at radius 1 is 1.27 bits per heavy atom. The predicted octanol–water partition coefficient (Wildman–Crippen LogP) is 3.42. The fourth-order valence-electron chi connectivity index (χ4n) is 3.95. The molecule has 8 heteroatoms. The van der Waals surface area contributed by atoms with Gasteiger partial charge in [-0.3, -0.25) is 4.98 Å². The fourth-order valence-corrected chi connectivity index (χ4v) is 4.95. The van der Waals surface area contributed by atoms with Gasteiger partial charge in [-0.15, -0.1) is 11.3 Å². The van der Waals surface area contributed by atoms with E-state index >= 15 is 0 Å². The highest BCUT2D eigenvalue weighted by atomic mass is 32.1. The predicted molar refractivity (Wildman–Crippen MR) is 117 cm³/mol. The van der Waals surface area contributed by atoms with Gasteiger partial charge in [0.25, 0.3) is 0 Å². The van der Waals surface area contributed by atoms with Gasteiger partial charge >= 0.3 is 6.09 Å². The molecule has 0 spiro atoms. The average molecular weight is 427 g/mol. The second-order valence-corrected chi connectivity index (χ2v) is 9.14. The zero-order chi connectivity index (χ0) is 20.7. The summed E-state index contributed by atoms with van der Waals surface area (Å²) in [4.78, 5) is 25.9. The molecule has 0 unspecified atom stereocenters. The summed E-state index contributed by atoms with van der Waals surface area (Å²) >= 11 is 1.71. The molecule has 0 aromatic carbocycles. The van der Waals surface area contributed by atoms with Crippen molar-refractivity contribution in [2.75, 3.05) is 44.3 Å². The van der Waals surface area contributed by atoms with E-state index in [9.17, 15) is 4.79 Å². The van der Waals surface area contributed by atoms with Crippen LogP contribution in [-0.2, 0) is 15.9 Å². The van der Waals surface area contributed by atoms with Crippen LogP contribution in [-0.4, -0.2) is 66.5 Å². The molecule has 7 nitrogen and oxygen atoms in total. The molecular weight excluding hydrogens is 400 g/mol. The van der Waals surface area contributed by atoms with Crippen LogP contribution in [0, 0.1) is 0 Å². The highest BCUT2D eigenvalue weighted by molar-refractivity contribution is 7.10. The zero-order valence-corrected chi connectivity index (χ0v) is 18.2. The number of hydrogen-bond donors (Lipinski definition) is 0. The molecule has 0 atom stereocenters. The number of nitrogens with zero attached hydrogens (tertiary/aromatic N) is 4. The van der Waals surface area contributed by atoms with Crippen LogP contribution in [0.15, 0.2) is 17.6 Å². The lowest BCUT2D eigenvalue weighted by Crippen LogP contribution is -2.51. The number of piperazine rings is 1. The second kappa shape index (κ2) is 8.00. The number of thiazole rings is 1. The first-order valence-corrected chi connectivity index (χ1v) is 11.4. The van der Waals surface area contributed by atoms with Crippen molar-refractivity contribution in [1.82, 2.24) is 14.9 Å². The standard InChI is InChI=1S/C22H26N4O3S/c1-14(2)19-13-30-21(24-19)15-9-17-18(10-15)23-4-3-20(17)25-5-7-26(8-6-25)22(27)29-16-11-28-12-16/h3-4,9,13-14,16H,5-8,10-12H2,1-2H3. The third kappa shape index (κ3) is 3.70. The quantitative estimate of drug-likeness (QED) is 0.746. The van der Waals surface area contributed by atoms with Gasteiger partial charge in [0.2, 0.25) is 0 Å². The van der Waals surface area contributed by atoms with E-state index in [-0.39, 0.29) is 12.2 Å². The zero-order valence-electron chi connectivity index (χ0n) is 17.3. The van der Waals surface area contributed by atoms with Crippen molar-refractivity contribution in [3.8, 4) is 0 Å². The minimum Gasteiger partial charge on any atom is -0.441 e. The van der Waals surface area contributed by atoms with E-state index in [0.717, 1.165) is 35.9 Å². The first-order valence-electron chi connectivity index (χ1n) is 10.5. The molecule has 0 bridgehead atoms. The largest absolute Gasteiger partial charge is 0.441 e. The molecule has 1 aliphatic carbocycles. The summed E-state index contributed by atoms with van der Waals surface area (Å²) in [6, 6.07) is 2.08. The molecule has 2 aromatic rings. The third-order valence-electron chi connectivity index (χ3n) is 5.87. The number of carbonyl (C=O) groups is 1. The van der Waals surface area contributed by atoms with E-state index in [1.54, 1.807) is 16.2 Å². The molecule has 2 fully saturated rings. The van der Waals surface area contributed by atoms with Gasteiger partial charge in [0, 0.05) is 55.4 Å². The molecule has 2 saturated heterocycles. The van der Waals surface area contributed by atoms with Gasteiger partial charge in [-0.25, -0.2) is 9.78 Å². The molecular formula is C22H26N4O3S. The van der Waals surface area contributed by atoms with Gasteiger partial charge in [0.15, 0.2) is 6.10 Å². The SMILES string of the molecule is CC(C)c1csc(C2=Cc3c(N4CCN(C(=O)OC5COC5)CC4)ccnc3C2)n1. The maximum absolute atomic E-state index is 12.3. The number of ether oxygens (including phenoxy) is 2. The van der Waals surface area contributed by atoms with E-state index in [2.05, 4.69) is 41.3 Å². The average Bonchev–Trinajstić information content (AvgIpc) is 3.37. The third-order valence-corrected chi connectivity index (χ3v) is 6.80. The minimum absolute atomic E-state index is 0.0790. The summed E-state index contributed by atoms with van der Waals surface area (Å²) in [7, 11) is 0. The highest BCUT2D eigenvalue weighted by Crippen LogP contribution is 2.37. The Kier molecular flexibility index (Phi) is 5.20. The first-order chi connectivity index (χ1) is 14.6. The lowest BCUT2D eigenvalue weighted by Gasteiger charge is -2.37. The van der Waals surface area contributed by atoms with E-state index in [4.69, 9.17) is 14.5 Å². The molecule has 5 rings (SSSR count). The monoisotopic (exact) mass is 426 g/mol. The van der Waals surface area contributed by atoms with Crippen LogP contribution in [0.4, 0.5) is 10.5 Å². The van der Waals surface area contributed by atoms with Crippen LogP contribution in [0.25, 0.3) is 11.6 Å². The number of fused-ring (bicyclic) bond motifs is 1. The first kappa shape index (κ1) is 19.5. The number of hydrogen-bond acceptors (Lipinski definition) is 7. The smallest absolute Gasteiger partial charge is 0.410 e. The Hall–Kier alpha value is -2.45. The number of aromatic nitrogens is 2. The van der Waals surface area contributed by atoms with Crippen molar-refractivity contribution in [3.05, 3.63) is 39.6 Å². The van der Waals surface area contributed by atoms with Crippen LogP contribution in [0.5, 0.6) is 0 Å². The van der Waals surface area contributed by atoms with E-state index < -0.39 is 0 Å². The Morgan fingerprint density at radius 2 is 2.07 bits per heavy atom. The molecule has 1 amide bonds. The van der Waals surface area contributed by atoms with Gasteiger partial charge in [-0.1, -0.05) is 13.8 Å². The molecule has 158 valence electrons. The highest BCUT2D eigenvalue weighted by Gasteiger charge is 2.29. The Bertz CT molecular complexity index is 975. The molecule has 0 radical (unpaired) electrons. The summed E-state index contributed by atoms with van der Waals surface area (Å²) in [5.74, 6) is 0.438. The van der Waals surface area contributed by atoms with Crippen molar-refractivity contribution < 1.29 is 14.3 Å². The van der Waals surface area contributed by atoms with Crippen LogP contribution in [0.2, 0.25) is 0 Å². The topological polar surface area (TPSA) is 67.8 Å². The minimum atomic E-state index is -0.227. The number of amides is 1. The Balaban J connectivity index is 1.29. The van der Waals surface area contributed by atoms with Gasteiger partial charge in [-0.05, 0) is 23.6 Å². The van der Waals surface area contributed by atoms with Crippen LogP contribution >= 0.6 is 11.3 Å². The molecule has 0 saturated carbocycles. The molecule has 3 aliphatic rings. The number of carbonyl (C=O) groups excluding carboxylic acids is 1. The van der Waals surface area contributed by atoms with Gasteiger partial charge in [0.1, 0.15) is 5.01 Å². The Labute approximate surface area is 180 Å². The molecule has 2 aliphatic heterocycles. The van der Waals surface area contributed by atoms with Crippen molar-refractivity contribution in [2.24, 2.45) is 0 Å². The van der Waals surface area contributed by atoms with Crippen molar-refractivity contribution >= 4 is 34.8 Å². The summed E-state index contributed by atoms with van der Waals surface area (Å²) < 4.78 is 10.5. The fraction of sp³-hybridized carbons (Fsp3) is 0.500. The lowest BCUT2D eigenvalue weighted by molar-refractivity contribution is -0.104. The molecule has 4 heterocycles. The second-order valence-electron chi connectivity index (χ2n) is 8.29. The molecule has 2 aromatic heterocycles. The van der Waals surface area contributed by atoms with E-state index in [1.807, 2.05) is 6.20 Å². The maximum atomic E-state index is 12.3. The lowest BCUT2D eigenvalue weighted by atomic mass is 10.1. The van der Waals surface area contributed by atoms with Crippen LogP contribution in [0.1, 0.15) is 41.7 Å². The number of rotatable bonds is 4. The van der Waals surface area contributed by atoms with E-state index in [0.29, 0.717) is 32.2 Å². The number of allylic oxidation sites excluding steroid dienone is 1. The number of anilines is 1. The summed E-state index contributed by atoms with van der Waals surface area (Å²) in [5, 5.41) is 3.25.